The summed E-state index contributed by atoms with van der Waals surface area (Å²) in [5.41, 5.74) is 1.25. The van der Waals surface area contributed by atoms with Gasteiger partial charge in [0.05, 0.1) is 6.61 Å². The number of hydrogen-bond donors (Lipinski definition) is 1. The van der Waals surface area contributed by atoms with Gasteiger partial charge in [0, 0.05) is 38.0 Å². The lowest BCUT2D eigenvalue weighted by Crippen LogP contribution is -2.28. The van der Waals surface area contributed by atoms with E-state index in [9.17, 15) is 0 Å². The quantitative estimate of drug-likeness (QED) is 0.902. The molecular weight excluding hydrogens is 240 g/mol. The lowest BCUT2D eigenvalue weighted by atomic mass is 10.0. The van der Waals surface area contributed by atoms with E-state index in [2.05, 4.69) is 27.5 Å². The first-order chi connectivity index (χ1) is 9.33. The fourth-order valence-corrected chi connectivity index (χ4v) is 2.41. The fourth-order valence-electron chi connectivity index (χ4n) is 2.41. The molecule has 0 aliphatic carbocycles. The molecule has 1 aliphatic heterocycles. The Morgan fingerprint density at radius 3 is 3.16 bits per heavy atom. The molecule has 0 amide bonds. The topological polar surface area (TPSA) is 52.0 Å². The highest BCUT2D eigenvalue weighted by atomic mass is 16.5. The zero-order chi connectivity index (χ0) is 13.1. The van der Waals surface area contributed by atoms with Crippen molar-refractivity contribution in [3.63, 3.8) is 0 Å². The third-order valence-corrected chi connectivity index (χ3v) is 3.34. The highest BCUT2D eigenvalue weighted by Crippen LogP contribution is 2.31. The van der Waals surface area contributed by atoms with E-state index in [4.69, 9.17) is 4.74 Å². The molecule has 0 fully saturated rings. The number of hydrogen-bond acceptors (Lipinski definition) is 4. The van der Waals surface area contributed by atoms with Crippen LogP contribution in [-0.4, -0.2) is 27.9 Å². The Morgan fingerprint density at radius 1 is 1.42 bits per heavy atom. The molecule has 3 rings (SSSR count). The maximum Gasteiger partial charge on any atom is 0.151 e. The van der Waals surface area contributed by atoms with Crippen LogP contribution in [0.2, 0.25) is 0 Å². The van der Waals surface area contributed by atoms with E-state index < -0.39 is 0 Å². The van der Waals surface area contributed by atoms with Gasteiger partial charge in [-0.1, -0.05) is 18.2 Å². The molecule has 2 heterocycles. The number of nitrogens with one attached hydrogen (secondary N) is 1. The van der Waals surface area contributed by atoms with Gasteiger partial charge in [-0.2, -0.15) is 5.10 Å². The van der Waals surface area contributed by atoms with Gasteiger partial charge in [-0.25, -0.2) is 4.98 Å². The van der Waals surface area contributed by atoms with Crippen molar-refractivity contribution in [2.45, 2.75) is 18.9 Å². The predicted molar refractivity (Wildman–Crippen MR) is 72.0 cm³/mol. The number of para-hydroxylation sites is 1. The van der Waals surface area contributed by atoms with Crippen molar-refractivity contribution < 1.29 is 4.74 Å². The Kier molecular flexibility index (Phi) is 3.46. The molecule has 5 nitrogen and oxygen atoms in total. The van der Waals surface area contributed by atoms with E-state index in [0.717, 1.165) is 37.6 Å². The molecular formula is C14H18N4O. The minimum Gasteiger partial charge on any atom is -0.493 e. The number of rotatable bonds is 4. The second kappa shape index (κ2) is 5.40. The Labute approximate surface area is 112 Å². The van der Waals surface area contributed by atoms with Gasteiger partial charge in [-0.05, 0) is 6.07 Å². The Balaban J connectivity index is 1.59. The lowest BCUT2D eigenvalue weighted by Gasteiger charge is -2.26. The van der Waals surface area contributed by atoms with Gasteiger partial charge in [0.2, 0.25) is 0 Å². The van der Waals surface area contributed by atoms with E-state index in [1.807, 2.05) is 19.2 Å². The first-order valence-electron chi connectivity index (χ1n) is 6.62. The molecule has 100 valence electrons. The Morgan fingerprint density at radius 2 is 2.32 bits per heavy atom. The van der Waals surface area contributed by atoms with Gasteiger partial charge in [-0.3, -0.25) is 4.68 Å². The predicted octanol–water partition coefficient (Wildman–Crippen LogP) is 1.47. The molecule has 1 aliphatic rings. The molecule has 0 radical (unpaired) electrons. The summed E-state index contributed by atoms with van der Waals surface area (Å²) < 4.78 is 7.39. The minimum atomic E-state index is 0.369. The summed E-state index contributed by atoms with van der Waals surface area (Å²) >= 11 is 0. The molecule has 0 saturated carbocycles. The van der Waals surface area contributed by atoms with Crippen molar-refractivity contribution in [3.05, 3.63) is 42.0 Å². The van der Waals surface area contributed by atoms with Crippen molar-refractivity contribution in [2.24, 2.45) is 7.05 Å². The van der Waals surface area contributed by atoms with Crippen molar-refractivity contribution in [1.29, 1.82) is 0 Å². The highest BCUT2D eigenvalue weighted by molar-refractivity contribution is 5.37. The maximum atomic E-state index is 5.65. The van der Waals surface area contributed by atoms with Crippen LogP contribution in [-0.2, 0) is 13.5 Å². The van der Waals surface area contributed by atoms with E-state index in [-0.39, 0.29) is 0 Å². The van der Waals surface area contributed by atoms with Crippen molar-refractivity contribution in [2.75, 3.05) is 13.2 Å². The highest BCUT2D eigenvalue weighted by Gasteiger charge is 2.20. The Hall–Kier alpha value is -1.88. The van der Waals surface area contributed by atoms with Gasteiger partial charge in [0.25, 0.3) is 0 Å². The largest absolute Gasteiger partial charge is 0.493 e. The standard InChI is InChI=1S/C14H18N4O/c1-18-10-16-14(17-18)6-8-15-12-7-9-19-13-5-3-2-4-11(12)13/h2-5,10,12,15H,6-9H2,1H3. The summed E-state index contributed by atoms with van der Waals surface area (Å²) in [4.78, 5) is 4.23. The third kappa shape index (κ3) is 2.76. The van der Waals surface area contributed by atoms with Gasteiger partial charge >= 0.3 is 0 Å². The molecule has 19 heavy (non-hydrogen) atoms. The number of ether oxygens (including phenoxy) is 1. The Bertz CT molecular complexity index is 552. The third-order valence-electron chi connectivity index (χ3n) is 3.34. The zero-order valence-corrected chi connectivity index (χ0v) is 11.0. The lowest BCUT2D eigenvalue weighted by molar-refractivity contribution is 0.253. The van der Waals surface area contributed by atoms with Crippen LogP contribution in [0.25, 0.3) is 0 Å². The van der Waals surface area contributed by atoms with Crippen LogP contribution in [0.4, 0.5) is 0 Å². The first-order valence-corrected chi connectivity index (χ1v) is 6.62. The SMILES string of the molecule is Cn1cnc(CCNC2CCOc3ccccc32)n1. The van der Waals surface area contributed by atoms with Crippen LogP contribution in [0.5, 0.6) is 5.75 Å². The van der Waals surface area contributed by atoms with E-state index in [1.54, 1.807) is 11.0 Å². The summed E-state index contributed by atoms with van der Waals surface area (Å²) in [6, 6.07) is 8.60. The number of aromatic nitrogens is 3. The number of benzene rings is 1. The summed E-state index contributed by atoms with van der Waals surface area (Å²) in [6.07, 6.45) is 3.59. The summed E-state index contributed by atoms with van der Waals surface area (Å²) in [5.74, 6) is 1.89. The number of nitrogens with zero attached hydrogens (tertiary/aromatic N) is 3. The average Bonchev–Trinajstić information content (AvgIpc) is 2.85. The smallest absolute Gasteiger partial charge is 0.151 e. The molecule has 0 saturated heterocycles. The second-order valence-electron chi connectivity index (χ2n) is 4.77. The first kappa shape index (κ1) is 12.2. The van der Waals surface area contributed by atoms with Crippen LogP contribution in [0.15, 0.2) is 30.6 Å². The molecule has 1 N–H and O–H groups in total. The summed E-state index contributed by atoms with van der Waals surface area (Å²) in [5, 5.41) is 7.84. The van der Waals surface area contributed by atoms with Crippen molar-refractivity contribution in [3.8, 4) is 5.75 Å². The minimum absolute atomic E-state index is 0.369. The van der Waals surface area contributed by atoms with E-state index in [1.165, 1.54) is 5.56 Å². The number of aryl methyl sites for hydroxylation is 1. The fraction of sp³-hybridized carbons (Fsp3) is 0.429. The molecule has 5 heteroatoms. The maximum absolute atomic E-state index is 5.65. The molecule has 2 aromatic rings. The van der Waals surface area contributed by atoms with Crippen LogP contribution in [0, 0.1) is 0 Å². The van der Waals surface area contributed by atoms with Crippen LogP contribution in [0.1, 0.15) is 23.9 Å². The second-order valence-corrected chi connectivity index (χ2v) is 4.77. The van der Waals surface area contributed by atoms with Crippen LogP contribution >= 0.6 is 0 Å². The van der Waals surface area contributed by atoms with Gasteiger partial charge in [0.15, 0.2) is 5.82 Å². The molecule has 1 unspecified atom stereocenters. The van der Waals surface area contributed by atoms with E-state index in [0.29, 0.717) is 6.04 Å². The molecule has 0 bridgehead atoms. The van der Waals surface area contributed by atoms with Gasteiger partial charge < -0.3 is 10.1 Å². The molecule has 0 spiro atoms. The molecule has 1 atom stereocenters. The molecule has 1 aromatic carbocycles. The van der Waals surface area contributed by atoms with E-state index >= 15 is 0 Å². The van der Waals surface area contributed by atoms with Crippen LogP contribution in [0.3, 0.4) is 0 Å². The average molecular weight is 258 g/mol. The van der Waals surface area contributed by atoms with Gasteiger partial charge in [0.1, 0.15) is 12.1 Å². The monoisotopic (exact) mass is 258 g/mol. The van der Waals surface area contributed by atoms with Gasteiger partial charge in [-0.15, -0.1) is 0 Å². The van der Waals surface area contributed by atoms with Crippen molar-refractivity contribution >= 4 is 0 Å². The summed E-state index contributed by atoms with van der Waals surface area (Å²) in [6.45, 7) is 1.65. The van der Waals surface area contributed by atoms with Crippen molar-refractivity contribution in [1.82, 2.24) is 20.1 Å². The number of fused-ring (bicyclic) bond motifs is 1. The van der Waals surface area contributed by atoms with Crippen LogP contribution < -0.4 is 10.1 Å². The zero-order valence-electron chi connectivity index (χ0n) is 11.0. The summed E-state index contributed by atoms with van der Waals surface area (Å²) in [7, 11) is 1.89. The normalized spacial score (nSPS) is 17.8. The molecule has 1 aromatic heterocycles.